The summed E-state index contributed by atoms with van der Waals surface area (Å²) in [6, 6.07) is 2.32. The number of thiophene rings is 1. The Hall–Kier alpha value is -1.11. The molecule has 0 saturated carbocycles. The van der Waals surface area contributed by atoms with Gasteiger partial charge in [-0.25, -0.2) is 4.79 Å². The van der Waals surface area contributed by atoms with Gasteiger partial charge in [-0.05, 0) is 42.2 Å². The number of carbonyl (C=O) groups excluding carboxylic acids is 1. The lowest BCUT2D eigenvalue weighted by atomic mass is 10.1. The van der Waals surface area contributed by atoms with Gasteiger partial charge < -0.3 is 15.0 Å². The third kappa shape index (κ3) is 4.00. The highest BCUT2D eigenvalue weighted by molar-refractivity contribution is 7.07. The summed E-state index contributed by atoms with van der Waals surface area (Å²) in [6.07, 6.45) is 2.34. The SMILES string of the molecule is CC(NC(=O)N1CCN(Cc2ccsc2)CC1)C1CCCO1. The molecule has 0 aliphatic carbocycles. The zero-order chi connectivity index (χ0) is 15.4. The fraction of sp³-hybridized carbons (Fsp3) is 0.688. The van der Waals surface area contributed by atoms with E-state index in [0.717, 1.165) is 52.2 Å². The van der Waals surface area contributed by atoms with E-state index in [1.54, 1.807) is 11.3 Å². The summed E-state index contributed by atoms with van der Waals surface area (Å²) in [4.78, 5) is 16.7. The zero-order valence-corrected chi connectivity index (χ0v) is 14.0. The fourth-order valence-electron chi connectivity index (χ4n) is 3.13. The minimum atomic E-state index is 0.0539. The molecule has 1 aromatic rings. The molecule has 22 heavy (non-hydrogen) atoms. The lowest BCUT2D eigenvalue weighted by Crippen LogP contribution is -2.54. The molecular weight excluding hydrogens is 298 g/mol. The van der Waals surface area contributed by atoms with E-state index in [1.165, 1.54) is 5.56 Å². The molecule has 3 heterocycles. The quantitative estimate of drug-likeness (QED) is 0.923. The maximum atomic E-state index is 12.3. The summed E-state index contributed by atoms with van der Waals surface area (Å²) in [5, 5.41) is 7.41. The van der Waals surface area contributed by atoms with Crippen molar-refractivity contribution in [3.05, 3.63) is 22.4 Å². The first-order valence-corrected chi connectivity index (χ1v) is 9.07. The average Bonchev–Trinajstić information content (AvgIpc) is 3.21. The van der Waals surface area contributed by atoms with E-state index in [1.807, 2.05) is 11.8 Å². The van der Waals surface area contributed by atoms with Gasteiger partial charge in [0.15, 0.2) is 0 Å². The van der Waals surface area contributed by atoms with Crippen LogP contribution in [0.1, 0.15) is 25.3 Å². The van der Waals surface area contributed by atoms with Crippen LogP contribution in [0.2, 0.25) is 0 Å². The summed E-state index contributed by atoms with van der Waals surface area (Å²) in [5.41, 5.74) is 1.37. The van der Waals surface area contributed by atoms with E-state index in [9.17, 15) is 4.79 Å². The molecule has 2 saturated heterocycles. The molecule has 2 amide bonds. The number of carbonyl (C=O) groups is 1. The molecule has 0 aromatic carbocycles. The van der Waals surface area contributed by atoms with Crippen molar-refractivity contribution in [1.82, 2.24) is 15.1 Å². The lowest BCUT2D eigenvalue weighted by molar-refractivity contribution is 0.0800. The van der Waals surface area contributed by atoms with Crippen LogP contribution >= 0.6 is 11.3 Å². The molecule has 1 aromatic heterocycles. The Morgan fingerprint density at radius 2 is 2.27 bits per heavy atom. The third-order valence-corrected chi connectivity index (χ3v) is 5.25. The summed E-state index contributed by atoms with van der Waals surface area (Å²) >= 11 is 1.74. The van der Waals surface area contributed by atoms with Crippen molar-refractivity contribution in [2.45, 2.75) is 38.5 Å². The van der Waals surface area contributed by atoms with Gasteiger partial charge in [0.2, 0.25) is 0 Å². The number of piperazine rings is 1. The molecule has 2 atom stereocenters. The van der Waals surface area contributed by atoms with Crippen LogP contribution in [0.5, 0.6) is 0 Å². The fourth-order valence-corrected chi connectivity index (χ4v) is 3.79. The van der Waals surface area contributed by atoms with Crippen LogP contribution < -0.4 is 5.32 Å². The zero-order valence-electron chi connectivity index (χ0n) is 13.2. The van der Waals surface area contributed by atoms with E-state index >= 15 is 0 Å². The van der Waals surface area contributed by atoms with Crippen molar-refractivity contribution in [2.24, 2.45) is 0 Å². The standard InChI is InChI=1S/C16H25N3O2S/c1-13(15-3-2-9-21-15)17-16(20)19-7-5-18(6-8-19)11-14-4-10-22-12-14/h4,10,12-13,15H,2-3,5-9,11H2,1H3,(H,17,20). The van der Waals surface area contributed by atoms with Crippen LogP contribution in [0.3, 0.4) is 0 Å². The summed E-state index contributed by atoms with van der Waals surface area (Å²) in [5.74, 6) is 0. The van der Waals surface area contributed by atoms with Gasteiger partial charge in [0.1, 0.15) is 0 Å². The topological polar surface area (TPSA) is 44.8 Å². The predicted molar refractivity (Wildman–Crippen MR) is 88.1 cm³/mol. The van der Waals surface area contributed by atoms with Crippen LogP contribution in [0, 0.1) is 0 Å². The van der Waals surface area contributed by atoms with Crippen molar-refractivity contribution in [3.63, 3.8) is 0 Å². The van der Waals surface area contributed by atoms with Crippen LogP contribution in [-0.4, -0.2) is 60.8 Å². The maximum Gasteiger partial charge on any atom is 0.317 e. The Labute approximate surface area is 136 Å². The van der Waals surface area contributed by atoms with Gasteiger partial charge in [0.25, 0.3) is 0 Å². The minimum absolute atomic E-state index is 0.0539. The van der Waals surface area contributed by atoms with Crippen LogP contribution in [0.15, 0.2) is 16.8 Å². The summed E-state index contributed by atoms with van der Waals surface area (Å²) in [6.45, 7) is 7.34. The van der Waals surface area contributed by atoms with Crippen molar-refractivity contribution < 1.29 is 9.53 Å². The number of nitrogens with one attached hydrogen (secondary N) is 1. The molecule has 3 rings (SSSR count). The van der Waals surface area contributed by atoms with E-state index in [4.69, 9.17) is 4.74 Å². The molecule has 0 radical (unpaired) electrons. The van der Waals surface area contributed by atoms with Gasteiger partial charge in [-0.2, -0.15) is 11.3 Å². The lowest BCUT2D eigenvalue weighted by Gasteiger charge is -2.35. The molecule has 2 unspecified atom stereocenters. The van der Waals surface area contributed by atoms with Gasteiger partial charge in [0, 0.05) is 39.3 Å². The molecule has 122 valence electrons. The first kappa shape index (κ1) is 15.8. The molecule has 6 heteroatoms. The summed E-state index contributed by atoms with van der Waals surface area (Å²) < 4.78 is 5.64. The second kappa shape index (κ2) is 7.44. The molecule has 2 aliphatic rings. The molecular formula is C16H25N3O2S. The normalized spacial score (nSPS) is 24.4. The first-order chi connectivity index (χ1) is 10.7. The number of amides is 2. The van der Waals surface area contributed by atoms with Crippen LogP contribution in [-0.2, 0) is 11.3 Å². The number of rotatable bonds is 4. The third-order valence-electron chi connectivity index (χ3n) is 4.52. The van der Waals surface area contributed by atoms with Crippen molar-refractivity contribution in [2.75, 3.05) is 32.8 Å². The van der Waals surface area contributed by atoms with Crippen molar-refractivity contribution >= 4 is 17.4 Å². The van der Waals surface area contributed by atoms with E-state index in [2.05, 4.69) is 27.0 Å². The first-order valence-electron chi connectivity index (χ1n) is 8.13. The Morgan fingerprint density at radius 1 is 1.45 bits per heavy atom. The second-order valence-corrected chi connectivity index (χ2v) is 6.96. The van der Waals surface area contributed by atoms with Crippen molar-refractivity contribution in [3.8, 4) is 0 Å². The van der Waals surface area contributed by atoms with Gasteiger partial charge in [-0.15, -0.1) is 0 Å². The number of nitrogens with zero attached hydrogens (tertiary/aromatic N) is 2. The number of hydrogen-bond acceptors (Lipinski definition) is 4. The summed E-state index contributed by atoms with van der Waals surface area (Å²) in [7, 11) is 0. The highest BCUT2D eigenvalue weighted by Gasteiger charge is 2.27. The van der Waals surface area contributed by atoms with E-state index < -0.39 is 0 Å². The van der Waals surface area contributed by atoms with Gasteiger partial charge in [-0.1, -0.05) is 0 Å². The average molecular weight is 323 g/mol. The Bertz CT molecular complexity index is 466. The Kier molecular flexibility index (Phi) is 5.33. The van der Waals surface area contributed by atoms with Gasteiger partial charge >= 0.3 is 6.03 Å². The van der Waals surface area contributed by atoms with Gasteiger partial charge in [-0.3, -0.25) is 4.90 Å². The van der Waals surface area contributed by atoms with Crippen LogP contribution in [0.25, 0.3) is 0 Å². The van der Waals surface area contributed by atoms with Crippen molar-refractivity contribution in [1.29, 1.82) is 0 Å². The molecule has 2 aliphatic heterocycles. The molecule has 1 N–H and O–H groups in total. The second-order valence-electron chi connectivity index (χ2n) is 6.18. The number of hydrogen-bond donors (Lipinski definition) is 1. The molecule has 0 bridgehead atoms. The van der Waals surface area contributed by atoms with Crippen LogP contribution in [0.4, 0.5) is 4.79 Å². The number of ether oxygens (including phenoxy) is 1. The van der Waals surface area contributed by atoms with E-state index in [0.29, 0.717) is 0 Å². The van der Waals surface area contributed by atoms with E-state index in [-0.39, 0.29) is 18.2 Å². The van der Waals surface area contributed by atoms with Gasteiger partial charge in [0.05, 0.1) is 12.1 Å². The molecule has 0 spiro atoms. The highest BCUT2D eigenvalue weighted by Crippen LogP contribution is 2.16. The largest absolute Gasteiger partial charge is 0.376 e. The smallest absolute Gasteiger partial charge is 0.317 e. The highest BCUT2D eigenvalue weighted by atomic mass is 32.1. The molecule has 5 nitrogen and oxygen atoms in total. The number of urea groups is 1. The monoisotopic (exact) mass is 323 g/mol. The minimum Gasteiger partial charge on any atom is -0.376 e. The Balaban J connectivity index is 1.41. The maximum absolute atomic E-state index is 12.3. The predicted octanol–water partition coefficient (Wildman–Crippen LogP) is 2.14. The molecule has 2 fully saturated rings. The Morgan fingerprint density at radius 3 is 2.91 bits per heavy atom.